The van der Waals surface area contributed by atoms with Gasteiger partial charge in [0.25, 0.3) is 5.91 Å². The predicted molar refractivity (Wildman–Crippen MR) is 91.9 cm³/mol. The molecule has 5 nitrogen and oxygen atoms in total. The van der Waals surface area contributed by atoms with E-state index in [4.69, 9.17) is 9.15 Å². The van der Waals surface area contributed by atoms with E-state index in [0.29, 0.717) is 12.2 Å². The highest BCUT2D eigenvalue weighted by atomic mass is 16.5. The van der Waals surface area contributed by atoms with E-state index in [-0.39, 0.29) is 23.8 Å². The number of hydrogen-bond donors (Lipinski definition) is 2. The minimum atomic E-state index is -0.484. The van der Waals surface area contributed by atoms with Gasteiger partial charge in [0, 0.05) is 10.9 Å². The number of carbonyl (C=O) groups excluding carboxylic acids is 1. The molecule has 24 heavy (non-hydrogen) atoms. The molecule has 2 unspecified atom stereocenters. The molecule has 0 aliphatic heterocycles. The zero-order valence-electron chi connectivity index (χ0n) is 14.2. The van der Waals surface area contributed by atoms with Crippen LogP contribution in [0, 0.1) is 0 Å². The number of hydrogen-bond acceptors (Lipinski definition) is 4. The average Bonchev–Trinajstić information content (AvgIpc) is 2.94. The summed E-state index contributed by atoms with van der Waals surface area (Å²) in [6, 6.07) is 7.37. The van der Waals surface area contributed by atoms with Crippen molar-refractivity contribution in [3.8, 4) is 0 Å². The molecule has 0 radical (unpaired) electrons. The van der Waals surface area contributed by atoms with Gasteiger partial charge in [0.05, 0.1) is 24.9 Å². The van der Waals surface area contributed by atoms with Gasteiger partial charge in [-0.3, -0.25) is 4.79 Å². The van der Waals surface area contributed by atoms with Crippen LogP contribution in [0.4, 0.5) is 0 Å². The third-order valence-electron chi connectivity index (χ3n) is 4.51. The van der Waals surface area contributed by atoms with Crippen LogP contribution in [0.15, 0.2) is 28.7 Å². The zero-order valence-corrected chi connectivity index (χ0v) is 14.2. The van der Waals surface area contributed by atoms with E-state index in [2.05, 4.69) is 5.32 Å². The Morgan fingerprint density at radius 2 is 2.08 bits per heavy atom. The second-order valence-electron chi connectivity index (χ2n) is 6.70. The normalized spacial score (nSPS) is 21.3. The monoisotopic (exact) mass is 331 g/mol. The van der Waals surface area contributed by atoms with Crippen LogP contribution >= 0.6 is 0 Å². The van der Waals surface area contributed by atoms with Crippen molar-refractivity contribution in [2.75, 3.05) is 0 Å². The number of rotatable bonds is 5. The van der Waals surface area contributed by atoms with Crippen LogP contribution in [-0.4, -0.2) is 29.3 Å². The molecule has 1 aliphatic carbocycles. The third kappa shape index (κ3) is 3.62. The SMILES string of the molecule is CC(C)OCc1c(C(=O)NC2CCCCC2O)oc2ccccc12. The number of fused-ring (bicyclic) bond motifs is 1. The molecular formula is C19H25NO4. The highest BCUT2D eigenvalue weighted by Gasteiger charge is 2.28. The lowest BCUT2D eigenvalue weighted by Gasteiger charge is -2.28. The molecule has 1 fully saturated rings. The standard InChI is InChI=1S/C19H25NO4/c1-12(2)23-11-14-13-7-3-6-10-17(13)24-18(14)19(22)20-15-8-4-5-9-16(15)21/h3,6-7,10,12,15-16,21H,4-5,8-9,11H2,1-2H3,(H,20,22). The van der Waals surface area contributed by atoms with Gasteiger partial charge >= 0.3 is 0 Å². The number of furan rings is 1. The van der Waals surface area contributed by atoms with Crippen LogP contribution in [0.1, 0.15) is 55.6 Å². The number of amides is 1. The fraction of sp³-hybridized carbons (Fsp3) is 0.526. The quantitative estimate of drug-likeness (QED) is 0.881. The van der Waals surface area contributed by atoms with Crippen molar-refractivity contribution in [3.63, 3.8) is 0 Å². The number of aliphatic hydroxyl groups excluding tert-OH is 1. The number of ether oxygens (including phenoxy) is 1. The van der Waals surface area contributed by atoms with Crippen LogP contribution in [0.3, 0.4) is 0 Å². The van der Waals surface area contributed by atoms with E-state index in [1.807, 2.05) is 38.1 Å². The summed E-state index contributed by atoms with van der Waals surface area (Å²) >= 11 is 0. The first kappa shape index (κ1) is 17.0. The van der Waals surface area contributed by atoms with E-state index in [1.54, 1.807) is 0 Å². The Kier molecular flexibility index (Phi) is 5.21. The minimum Gasteiger partial charge on any atom is -0.451 e. The second-order valence-corrected chi connectivity index (χ2v) is 6.70. The van der Waals surface area contributed by atoms with Gasteiger partial charge in [0.1, 0.15) is 5.58 Å². The Bertz CT molecular complexity index is 706. The second kappa shape index (κ2) is 7.36. The molecule has 1 amide bonds. The Morgan fingerprint density at radius 1 is 1.33 bits per heavy atom. The summed E-state index contributed by atoms with van der Waals surface area (Å²) in [6.45, 7) is 4.24. The molecule has 1 aliphatic rings. The maximum Gasteiger partial charge on any atom is 0.287 e. The summed E-state index contributed by atoms with van der Waals surface area (Å²) in [7, 11) is 0. The van der Waals surface area contributed by atoms with Gasteiger partial charge in [-0.1, -0.05) is 31.0 Å². The van der Waals surface area contributed by atoms with Crippen molar-refractivity contribution in [1.29, 1.82) is 0 Å². The smallest absolute Gasteiger partial charge is 0.287 e. The molecule has 0 saturated heterocycles. The van der Waals surface area contributed by atoms with Crippen molar-refractivity contribution in [2.45, 2.75) is 64.4 Å². The summed E-state index contributed by atoms with van der Waals surface area (Å²) in [4.78, 5) is 12.7. The lowest BCUT2D eigenvalue weighted by atomic mass is 9.92. The number of nitrogens with one attached hydrogen (secondary N) is 1. The molecule has 130 valence electrons. The fourth-order valence-corrected chi connectivity index (χ4v) is 3.19. The Hall–Kier alpha value is -1.85. The molecular weight excluding hydrogens is 306 g/mol. The highest BCUT2D eigenvalue weighted by molar-refractivity contribution is 5.99. The van der Waals surface area contributed by atoms with Crippen molar-refractivity contribution < 1.29 is 19.1 Å². The Morgan fingerprint density at radius 3 is 2.83 bits per heavy atom. The molecule has 2 atom stereocenters. The van der Waals surface area contributed by atoms with Crippen LogP contribution in [0.5, 0.6) is 0 Å². The zero-order chi connectivity index (χ0) is 17.1. The van der Waals surface area contributed by atoms with Crippen LogP contribution < -0.4 is 5.32 Å². The van der Waals surface area contributed by atoms with Gasteiger partial charge in [-0.15, -0.1) is 0 Å². The molecule has 5 heteroatoms. The van der Waals surface area contributed by atoms with Gasteiger partial charge in [0.2, 0.25) is 0 Å². The largest absolute Gasteiger partial charge is 0.451 e. The van der Waals surface area contributed by atoms with Crippen molar-refractivity contribution in [3.05, 3.63) is 35.6 Å². The Balaban J connectivity index is 1.86. The van der Waals surface area contributed by atoms with Crippen molar-refractivity contribution >= 4 is 16.9 Å². The number of aliphatic hydroxyl groups is 1. The maximum absolute atomic E-state index is 12.7. The van der Waals surface area contributed by atoms with Crippen LogP contribution in [-0.2, 0) is 11.3 Å². The van der Waals surface area contributed by atoms with E-state index in [1.165, 1.54) is 0 Å². The van der Waals surface area contributed by atoms with Gasteiger partial charge < -0.3 is 19.6 Å². The molecule has 2 N–H and O–H groups in total. The first-order valence-corrected chi connectivity index (χ1v) is 8.67. The van der Waals surface area contributed by atoms with Gasteiger partial charge in [-0.2, -0.15) is 0 Å². The predicted octanol–water partition coefficient (Wildman–Crippen LogP) is 3.39. The first-order chi connectivity index (χ1) is 11.6. The maximum atomic E-state index is 12.7. The lowest BCUT2D eigenvalue weighted by molar-refractivity contribution is 0.0618. The van der Waals surface area contributed by atoms with Crippen molar-refractivity contribution in [1.82, 2.24) is 5.32 Å². The number of carbonyl (C=O) groups is 1. The Labute approximate surface area is 142 Å². The molecule has 0 spiro atoms. The van der Waals surface area contributed by atoms with Gasteiger partial charge in [-0.05, 0) is 32.8 Å². The van der Waals surface area contributed by atoms with Gasteiger partial charge in [-0.25, -0.2) is 0 Å². The summed E-state index contributed by atoms with van der Waals surface area (Å²) in [6.07, 6.45) is 3.13. The molecule has 2 aromatic rings. The topological polar surface area (TPSA) is 71.7 Å². The fourth-order valence-electron chi connectivity index (χ4n) is 3.19. The summed E-state index contributed by atoms with van der Waals surface area (Å²) in [5, 5.41) is 13.9. The van der Waals surface area contributed by atoms with E-state index >= 15 is 0 Å². The van der Waals surface area contributed by atoms with E-state index in [9.17, 15) is 9.90 Å². The van der Waals surface area contributed by atoms with Crippen LogP contribution in [0.2, 0.25) is 0 Å². The van der Waals surface area contributed by atoms with E-state index < -0.39 is 6.10 Å². The summed E-state index contributed by atoms with van der Waals surface area (Å²) in [5.41, 5.74) is 1.44. The van der Waals surface area contributed by atoms with Gasteiger partial charge in [0.15, 0.2) is 5.76 Å². The molecule has 1 heterocycles. The third-order valence-corrected chi connectivity index (χ3v) is 4.51. The number of benzene rings is 1. The number of para-hydroxylation sites is 1. The first-order valence-electron chi connectivity index (χ1n) is 8.67. The molecule has 1 aromatic heterocycles. The minimum absolute atomic E-state index is 0.0646. The average molecular weight is 331 g/mol. The van der Waals surface area contributed by atoms with E-state index in [0.717, 1.165) is 36.6 Å². The highest BCUT2D eigenvalue weighted by Crippen LogP contribution is 2.27. The molecule has 1 aromatic carbocycles. The van der Waals surface area contributed by atoms with Crippen molar-refractivity contribution in [2.24, 2.45) is 0 Å². The molecule has 3 rings (SSSR count). The summed E-state index contributed by atoms with van der Waals surface area (Å²) < 4.78 is 11.5. The molecule has 1 saturated carbocycles. The van der Waals surface area contributed by atoms with Crippen LogP contribution in [0.25, 0.3) is 11.0 Å². The lowest BCUT2D eigenvalue weighted by Crippen LogP contribution is -2.45. The summed E-state index contributed by atoms with van der Waals surface area (Å²) in [5.74, 6) is 0.00845. The molecule has 0 bridgehead atoms.